The highest BCUT2D eigenvalue weighted by atomic mass is 16.5. The van der Waals surface area contributed by atoms with Gasteiger partial charge >= 0.3 is 0 Å². The van der Waals surface area contributed by atoms with Gasteiger partial charge in [0.05, 0.1) is 0 Å². The predicted octanol–water partition coefficient (Wildman–Crippen LogP) is 1.52. The van der Waals surface area contributed by atoms with Crippen molar-refractivity contribution in [3.05, 3.63) is 42.5 Å². The van der Waals surface area contributed by atoms with Gasteiger partial charge in [-0.3, -0.25) is 9.79 Å². The van der Waals surface area contributed by atoms with Crippen LogP contribution in [0.3, 0.4) is 0 Å². The maximum absolute atomic E-state index is 10.8. The second-order valence-corrected chi connectivity index (χ2v) is 5.16. The molecule has 1 rings (SSSR count). The zero-order valence-electron chi connectivity index (χ0n) is 13.9. The van der Waals surface area contributed by atoms with Crippen LogP contribution in [-0.2, 0) is 11.3 Å². The largest absolute Gasteiger partial charge is 0.484 e. The highest BCUT2D eigenvalue weighted by Crippen LogP contribution is 2.13. The molecule has 6 heteroatoms. The summed E-state index contributed by atoms with van der Waals surface area (Å²) in [6, 6.07) is 7.53. The van der Waals surface area contributed by atoms with Gasteiger partial charge in [0.2, 0.25) is 0 Å². The molecule has 0 radical (unpaired) electrons. The smallest absolute Gasteiger partial charge is 0.255 e. The zero-order chi connectivity index (χ0) is 17.1. The number of hydrogen-bond acceptors (Lipinski definition) is 3. The zero-order valence-corrected chi connectivity index (χ0v) is 13.9. The summed E-state index contributed by atoms with van der Waals surface area (Å²) in [7, 11) is 3.77. The Labute approximate surface area is 138 Å². The second kappa shape index (κ2) is 10.3. The Morgan fingerprint density at radius 1 is 1.52 bits per heavy atom. The molecule has 1 aromatic rings. The quantitative estimate of drug-likeness (QED) is 0.313. The van der Waals surface area contributed by atoms with Crippen molar-refractivity contribution in [2.45, 2.75) is 19.4 Å². The van der Waals surface area contributed by atoms with Gasteiger partial charge in [0.15, 0.2) is 12.6 Å². The van der Waals surface area contributed by atoms with Gasteiger partial charge in [-0.25, -0.2) is 0 Å². The van der Waals surface area contributed by atoms with Gasteiger partial charge in [-0.1, -0.05) is 18.2 Å². The molecule has 0 heterocycles. The molecule has 0 bridgehead atoms. The van der Waals surface area contributed by atoms with E-state index in [1.54, 1.807) is 13.1 Å². The Balaban J connectivity index is 2.53. The van der Waals surface area contributed by atoms with Crippen molar-refractivity contribution < 1.29 is 9.53 Å². The number of unbranched alkanes of at least 4 members (excludes halogenated alkanes) is 1. The predicted molar refractivity (Wildman–Crippen MR) is 93.4 cm³/mol. The summed E-state index contributed by atoms with van der Waals surface area (Å²) < 4.78 is 5.30. The molecule has 23 heavy (non-hydrogen) atoms. The van der Waals surface area contributed by atoms with Crippen LogP contribution in [0.25, 0.3) is 0 Å². The summed E-state index contributed by atoms with van der Waals surface area (Å²) >= 11 is 0. The number of nitrogens with zero attached hydrogens (tertiary/aromatic N) is 2. The Hall–Kier alpha value is -2.50. The van der Waals surface area contributed by atoms with E-state index in [2.05, 4.69) is 21.8 Å². The van der Waals surface area contributed by atoms with Crippen LogP contribution >= 0.6 is 0 Å². The van der Waals surface area contributed by atoms with E-state index in [1.165, 1.54) is 0 Å². The van der Waals surface area contributed by atoms with E-state index in [-0.39, 0.29) is 6.61 Å². The summed E-state index contributed by atoms with van der Waals surface area (Å²) in [6.45, 7) is 5.13. The van der Waals surface area contributed by atoms with Crippen LogP contribution in [0, 0.1) is 0 Å². The molecule has 0 atom stereocenters. The number of guanidine groups is 1. The molecule has 0 saturated heterocycles. The average Bonchev–Trinajstić information content (AvgIpc) is 2.54. The summed E-state index contributed by atoms with van der Waals surface area (Å²) in [4.78, 5) is 17.1. The number of primary amides is 1. The molecule has 0 fully saturated rings. The molecule has 6 nitrogen and oxygen atoms in total. The molecule has 0 aliphatic heterocycles. The Kier molecular flexibility index (Phi) is 8.28. The standard InChI is InChI=1S/C17H26N4O2/c1-4-5-6-10-21(3)17(19-2)20-12-14-8-7-9-15(11-14)23-13-16(18)22/h4,7-9,11H,1,5-6,10,12-13H2,2-3H3,(H2,18,22)(H,19,20). The lowest BCUT2D eigenvalue weighted by Gasteiger charge is -2.22. The number of ether oxygens (including phenoxy) is 1. The molecule has 0 aromatic heterocycles. The fraction of sp³-hybridized carbons (Fsp3) is 0.412. The number of amides is 1. The van der Waals surface area contributed by atoms with Crippen LogP contribution in [0.1, 0.15) is 18.4 Å². The fourth-order valence-corrected chi connectivity index (χ4v) is 2.04. The van der Waals surface area contributed by atoms with Crippen LogP contribution in [0.15, 0.2) is 41.9 Å². The molecule has 0 aliphatic carbocycles. The lowest BCUT2D eigenvalue weighted by Crippen LogP contribution is -2.38. The maximum atomic E-state index is 10.8. The molecular formula is C17H26N4O2. The van der Waals surface area contributed by atoms with Gasteiger partial charge in [-0.15, -0.1) is 6.58 Å². The third-order valence-electron chi connectivity index (χ3n) is 3.21. The van der Waals surface area contributed by atoms with Crippen molar-refractivity contribution >= 4 is 11.9 Å². The van der Waals surface area contributed by atoms with E-state index in [0.29, 0.717) is 12.3 Å². The van der Waals surface area contributed by atoms with Crippen molar-refractivity contribution in [1.82, 2.24) is 10.2 Å². The van der Waals surface area contributed by atoms with Crippen molar-refractivity contribution in [3.8, 4) is 5.75 Å². The Morgan fingerprint density at radius 2 is 2.30 bits per heavy atom. The number of carbonyl (C=O) groups excluding carboxylic acids is 1. The minimum Gasteiger partial charge on any atom is -0.484 e. The molecule has 0 aliphatic rings. The van der Waals surface area contributed by atoms with Crippen LogP contribution in [0.4, 0.5) is 0 Å². The first-order chi connectivity index (χ1) is 11.1. The van der Waals surface area contributed by atoms with E-state index in [1.807, 2.05) is 31.3 Å². The molecule has 1 aromatic carbocycles. The maximum Gasteiger partial charge on any atom is 0.255 e. The fourth-order valence-electron chi connectivity index (χ4n) is 2.04. The van der Waals surface area contributed by atoms with Crippen LogP contribution in [0.5, 0.6) is 5.75 Å². The number of carbonyl (C=O) groups is 1. The van der Waals surface area contributed by atoms with Gasteiger partial charge in [0, 0.05) is 27.2 Å². The summed E-state index contributed by atoms with van der Waals surface area (Å²) in [6.07, 6.45) is 3.94. The number of nitrogens with two attached hydrogens (primary N) is 1. The molecular weight excluding hydrogens is 292 g/mol. The van der Waals surface area contributed by atoms with Gasteiger partial charge < -0.3 is 20.7 Å². The second-order valence-electron chi connectivity index (χ2n) is 5.16. The minimum absolute atomic E-state index is 0.120. The van der Waals surface area contributed by atoms with Crippen molar-refractivity contribution in [1.29, 1.82) is 0 Å². The highest BCUT2D eigenvalue weighted by molar-refractivity contribution is 5.79. The van der Waals surface area contributed by atoms with E-state index in [0.717, 1.165) is 30.9 Å². The number of aliphatic imine (C=N–C) groups is 1. The topological polar surface area (TPSA) is 79.9 Å². The van der Waals surface area contributed by atoms with Crippen LogP contribution < -0.4 is 15.8 Å². The molecule has 0 unspecified atom stereocenters. The Bertz CT molecular complexity index is 543. The lowest BCUT2D eigenvalue weighted by atomic mass is 10.2. The average molecular weight is 318 g/mol. The normalized spacial score (nSPS) is 11.0. The minimum atomic E-state index is -0.491. The summed E-state index contributed by atoms with van der Waals surface area (Å²) in [5.74, 6) is 0.963. The highest BCUT2D eigenvalue weighted by Gasteiger charge is 2.05. The number of benzene rings is 1. The molecule has 3 N–H and O–H groups in total. The number of allylic oxidation sites excluding steroid dienone is 1. The SMILES string of the molecule is C=CCCCN(C)C(=NC)NCc1cccc(OCC(N)=O)c1. The summed E-state index contributed by atoms with van der Waals surface area (Å²) in [5, 5.41) is 3.31. The first-order valence-corrected chi connectivity index (χ1v) is 7.59. The molecule has 1 amide bonds. The van der Waals surface area contributed by atoms with Gasteiger partial charge in [0.25, 0.3) is 5.91 Å². The number of nitrogens with one attached hydrogen (secondary N) is 1. The van der Waals surface area contributed by atoms with Gasteiger partial charge in [0.1, 0.15) is 5.75 Å². The van der Waals surface area contributed by atoms with Crippen LogP contribution in [-0.4, -0.2) is 44.0 Å². The number of rotatable bonds is 9. The third kappa shape index (κ3) is 7.35. The first-order valence-electron chi connectivity index (χ1n) is 7.59. The van der Waals surface area contributed by atoms with Crippen molar-refractivity contribution in [2.75, 3.05) is 27.2 Å². The molecule has 126 valence electrons. The summed E-state index contributed by atoms with van der Waals surface area (Å²) in [5.41, 5.74) is 6.11. The lowest BCUT2D eigenvalue weighted by molar-refractivity contribution is -0.119. The van der Waals surface area contributed by atoms with Crippen molar-refractivity contribution in [2.24, 2.45) is 10.7 Å². The number of hydrogen-bond donors (Lipinski definition) is 2. The van der Waals surface area contributed by atoms with Gasteiger partial charge in [-0.05, 0) is 30.5 Å². The molecule has 0 spiro atoms. The molecule has 0 saturated carbocycles. The van der Waals surface area contributed by atoms with E-state index in [9.17, 15) is 4.79 Å². The first kappa shape index (κ1) is 18.5. The third-order valence-corrected chi connectivity index (χ3v) is 3.21. The van der Waals surface area contributed by atoms with E-state index in [4.69, 9.17) is 10.5 Å². The van der Waals surface area contributed by atoms with E-state index >= 15 is 0 Å². The van der Waals surface area contributed by atoms with Crippen LogP contribution in [0.2, 0.25) is 0 Å². The van der Waals surface area contributed by atoms with Crippen molar-refractivity contribution in [3.63, 3.8) is 0 Å². The Morgan fingerprint density at radius 3 is 2.96 bits per heavy atom. The van der Waals surface area contributed by atoms with Gasteiger partial charge in [-0.2, -0.15) is 0 Å². The van der Waals surface area contributed by atoms with E-state index < -0.39 is 5.91 Å². The monoisotopic (exact) mass is 318 g/mol.